The first-order valence-electron chi connectivity index (χ1n) is 3.19. The van der Waals surface area contributed by atoms with Gasteiger partial charge in [0.15, 0.2) is 0 Å². The van der Waals surface area contributed by atoms with E-state index in [4.69, 9.17) is 0 Å². The van der Waals surface area contributed by atoms with Crippen molar-refractivity contribution in [2.75, 3.05) is 5.75 Å². The molecule has 0 fully saturated rings. The maximum atomic E-state index is 10.9. The molecule has 0 aliphatic rings. The van der Waals surface area contributed by atoms with Crippen LogP contribution in [0.2, 0.25) is 0 Å². The molecular formula is C8H8OS2. The van der Waals surface area contributed by atoms with Gasteiger partial charge in [-0.25, -0.2) is 0 Å². The van der Waals surface area contributed by atoms with Crippen molar-refractivity contribution in [3.05, 3.63) is 30.3 Å². The Bertz CT molecular complexity index is 233. The normalized spacial score (nSPS) is 9.55. The Morgan fingerprint density at radius 3 is 2.55 bits per heavy atom. The Morgan fingerprint density at radius 1 is 1.36 bits per heavy atom. The zero-order valence-electron chi connectivity index (χ0n) is 5.86. The van der Waals surface area contributed by atoms with Gasteiger partial charge >= 0.3 is 0 Å². The van der Waals surface area contributed by atoms with E-state index in [0.717, 1.165) is 4.90 Å². The Kier molecular flexibility index (Phi) is 3.52. The fraction of sp³-hybridized carbons (Fsp3) is 0.125. The molecule has 0 saturated heterocycles. The van der Waals surface area contributed by atoms with Gasteiger partial charge in [-0.15, -0.1) is 0 Å². The quantitative estimate of drug-likeness (QED) is 0.561. The summed E-state index contributed by atoms with van der Waals surface area (Å²) in [5.41, 5.74) is 0. The molecule has 1 nitrogen and oxygen atoms in total. The summed E-state index contributed by atoms with van der Waals surface area (Å²) < 4.78 is 0. The molecule has 11 heavy (non-hydrogen) atoms. The zero-order chi connectivity index (χ0) is 8.10. The molecule has 0 aromatic heterocycles. The first kappa shape index (κ1) is 8.68. The molecule has 0 radical (unpaired) electrons. The van der Waals surface area contributed by atoms with E-state index in [9.17, 15) is 4.79 Å². The summed E-state index contributed by atoms with van der Waals surface area (Å²) in [4.78, 5) is 11.8. The highest BCUT2D eigenvalue weighted by Crippen LogP contribution is 2.17. The van der Waals surface area contributed by atoms with Crippen molar-refractivity contribution in [1.82, 2.24) is 0 Å². The second-order valence-corrected chi connectivity index (χ2v) is 3.39. The van der Waals surface area contributed by atoms with Gasteiger partial charge in [0.05, 0.1) is 5.75 Å². The van der Waals surface area contributed by atoms with Crippen molar-refractivity contribution >= 4 is 29.5 Å². The average molecular weight is 184 g/mol. The van der Waals surface area contributed by atoms with E-state index in [-0.39, 0.29) is 5.12 Å². The summed E-state index contributed by atoms with van der Waals surface area (Å²) in [7, 11) is 0. The maximum absolute atomic E-state index is 10.9. The predicted octanol–water partition coefficient (Wildman–Crippen LogP) is 2.24. The van der Waals surface area contributed by atoms with Crippen molar-refractivity contribution in [2.45, 2.75) is 4.90 Å². The van der Waals surface area contributed by atoms with Crippen molar-refractivity contribution in [1.29, 1.82) is 0 Å². The largest absolute Gasteiger partial charge is 0.286 e. The van der Waals surface area contributed by atoms with Crippen LogP contribution in [0.4, 0.5) is 0 Å². The smallest absolute Gasteiger partial charge is 0.203 e. The Hall–Kier alpha value is -0.410. The molecule has 1 aromatic rings. The van der Waals surface area contributed by atoms with Crippen LogP contribution >= 0.6 is 24.4 Å². The second-order valence-electron chi connectivity index (χ2n) is 1.95. The van der Waals surface area contributed by atoms with E-state index >= 15 is 0 Å². The number of benzene rings is 1. The molecule has 0 unspecified atom stereocenters. The summed E-state index contributed by atoms with van der Waals surface area (Å²) in [5.74, 6) is 0.291. The summed E-state index contributed by atoms with van der Waals surface area (Å²) in [6, 6.07) is 9.56. The molecule has 0 heterocycles. The van der Waals surface area contributed by atoms with Gasteiger partial charge in [-0.2, -0.15) is 12.6 Å². The number of hydrogen-bond acceptors (Lipinski definition) is 3. The number of rotatable bonds is 2. The highest BCUT2D eigenvalue weighted by atomic mass is 32.2. The van der Waals surface area contributed by atoms with E-state index in [1.54, 1.807) is 0 Å². The molecular weight excluding hydrogens is 176 g/mol. The lowest BCUT2D eigenvalue weighted by atomic mass is 10.4. The van der Waals surface area contributed by atoms with Gasteiger partial charge in [-0.05, 0) is 12.1 Å². The van der Waals surface area contributed by atoms with Crippen LogP contribution in [0.15, 0.2) is 35.2 Å². The van der Waals surface area contributed by atoms with E-state index < -0.39 is 0 Å². The van der Waals surface area contributed by atoms with E-state index in [2.05, 4.69) is 12.6 Å². The minimum absolute atomic E-state index is 0.0829. The zero-order valence-corrected chi connectivity index (χ0v) is 7.57. The van der Waals surface area contributed by atoms with E-state index in [0.29, 0.717) is 5.75 Å². The molecule has 1 rings (SSSR count). The molecule has 0 spiro atoms. The number of thiol groups is 1. The number of thioether (sulfide) groups is 1. The third-order valence-electron chi connectivity index (χ3n) is 1.10. The third-order valence-corrected chi connectivity index (χ3v) is 2.49. The van der Waals surface area contributed by atoms with Gasteiger partial charge in [0, 0.05) is 4.90 Å². The first-order valence-corrected chi connectivity index (χ1v) is 4.64. The highest BCUT2D eigenvalue weighted by molar-refractivity contribution is 8.14. The number of carbonyl (C=O) groups excluding carboxylic acids is 1. The first-order chi connectivity index (χ1) is 5.33. The van der Waals surface area contributed by atoms with Crippen LogP contribution in [0.3, 0.4) is 0 Å². The molecule has 0 atom stereocenters. The Balaban J connectivity index is 2.58. The van der Waals surface area contributed by atoms with Gasteiger partial charge in [0.25, 0.3) is 0 Å². The maximum Gasteiger partial charge on any atom is 0.203 e. The fourth-order valence-electron chi connectivity index (χ4n) is 0.652. The summed E-state index contributed by atoms with van der Waals surface area (Å²) in [5, 5.41) is 0.0829. The molecule has 3 heteroatoms. The topological polar surface area (TPSA) is 17.1 Å². The van der Waals surface area contributed by atoms with Crippen LogP contribution in [-0.4, -0.2) is 10.9 Å². The predicted molar refractivity (Wildman–Crippen MR) is 51.2 cm³/mol. The standard InChI is InChI=1S/C8H8OS2/c9-8(6-10)11-7-4-2-1-3-5-7/h1-5,10H,6H2. The van der Waals surface area contributed by atoms with Crippen LogP contribution < -0.4 is 0 Å². The molecule has 0 amide bonds. The van der Waals surface area contributed by atoms with E-state index in [1.165, 1.54) is 11.8 Å². The monoisotopic (exact) mass is 184 g/mol. The Morgan fingerprint density at radius 2 is 2.00 bits per heavy atom. The van der Waals surface area contributed by atoms with Crippen LogP contribution in [0, 0.1) is 0 Å². The highest BCUT2D eigenvalue weighted by Gasteiger charge is 1.99. The molecule has 0 bridgehead atoms. The lowest BCUT2D eigenvalue weighted by molar-refractivity contribution is -0.108. The van der Waals surface area contributed by atoms with Gasteiger partial charge in [0.2, 0.25) is 5.12 Å². The van der Waals surface area contributed by atoms with Crippen molar-refractivity contribution < 1.29 is 4.79 Å². The molecule has 0 saturated carbocycles. The molecule has 0 aliphatic heterocycles. The molecule has 0 aliphatic carbocycles. The van der Waals surface area contributed by atoms with Crippen molar-refractivity contribution in [3.63, 3.8) is 0 Å². The van der Waals surface area contributed by atoms with Crippen molar-refractivity contribution in [3.8, 4) is 0 Å². The minimum atomic E-state index is 0.0829. The van der Waals surface area contributed by atoms with Crippen LogP contribution in [-0.2, 0) is 4.79 Å². The Labute approximate surface area is 75.6 Å². The SMILES string of the molecule is O=C(CS)Sc1ccccc1. The summed E-state index contributed by atoms with van der Waals surface area (Å²) >= 11 is 5.10. The van der Waals surface area contributed by atoms with Crippen LogP contribution in [0.1, 0.15) is 0 Å². The van der Waals surface area contributed by atoms with Gasteiger partial charge in [-0.3, -0.25) is 4.79 Å². The number of hydrogen-bond donors (Lipinski definition) is 1. The van der Waals surface area contributed by atoms with E-state index in [1.807, 2.05) is 30.3 Å². The minimum Gasteiger partial charge on any atom is -0.286 e. The lowest BCUT2D eigenvalue weighted by Gasteiger charge is -1.95. The third kappa shape index (κ3) is 2.99. The van der Waals surface area contributed by atoms with Crippen LogP contribution in [0.5, 0.6) is 0 Å². The number of carbonyl (C=O) groups is 1. The summed E-state index contributed by atoms with van der Waals surface area (Å²) in [6.07, 6.45) is 0. The lowest BCUT2D eigenvalue weighted by Crippen LogP contribution is -1.90. The summed E-state index contributed by atoms with van der Waals surface area (Å²) in [6.45, 7) is 0. The van der Waals surface area contributed by atoms with Gasteiger partial charge in [0.1, 0.15) is 0 Å². The molecule has 58 valence electrons. The van der Waals surface area contributed by atoms with Gasteiger partial charge < -0.3 is 0 Å². The second kappa shape index (κ2) is 4.46. The van der Waals surface area contributed by atoms with Crippen LogP contribution in [0.25, 0.3) is 0 Å². The van der Waals surface area contributed by atoms with Gasteiger partial charge in [-0.1, -0.05) is 30.0 Å². The molecule has 1 aromatic carbocycles. The average Bonchev–Trinajstić information content (AvgIpc) is 2.06. The fourth-order valence-corrected chi connectivity index (χ4v) is 1.47. The van der Waals surface area contributed by atoms with Crippen molar-refractivity contribution in [2.24, 2.45) is 0 Å². The molecule has 0 N–H and O–H groups in total.